The molecular weight excluding hydrogens is 260 g/mol. The highest BCUT2D eigenvalue weighted by Gasteiger charge is 2.13. The van der Waals surface area contributed by atoms with Crippen LogP contribution in [0.5, 0.6) is 0 Å². The molecule has 0 aromatic carbocycles. The van der Waals surface area contributed by atoms with Crippen LogP contribution in [0.1, 0.15) is 43.9 Å². The molecule has 0 aliphatic heterocycles. The van der Waals surface area contributed by atoms with Crippen molar-refractivity contribution >= 4 is 22.7 Å². The van der Waals surface area contributed by atoms with Crippen molar-refractivity contribution in [3.05, 3.63) is 37.0 Å². The number of thiophene rings is 1. The molecular formula is C14H20N2S2. The van der Waals surface area contributed by atoms with Crippen molar-refractivity contribution in [3.8, 4) is 0 Å². The van der Waals surface area contributed by atoms with Gasteiger partial charge in [-0.3, -0.25) is 0 Å². The van der Waals surface area contributed by atoms with Crippen molar-refractivity contribution < 1.29 is 0 Å². The molecule has 1 unspecified atom stereocenters. The highest BCUT2D eigenvalue weighted by Crippen LogP contribution is 2.24. The second-order valence-corrected chi connectivity index (χ2v) is 7.48. The summed E-state index contributed by atoms with van der Waals surface area (Å²) in [4.78, 5) is 8.75. The predicted octanol–water partition coefficient (Wildman–Crippen LogP) is 4.29. The van der Waals surface area contributed by atoms with Gasteiger partial charge in [0.1, 0.15) is 0 Å². The molecule has 0 aliphatic rings. The number of aryl methyl sites for hydroxylation is 4. The van der Waals surface area contributed by atoms with Gasteiger partial charge in [-0.15, -0.1) is 22.7 Å². The number of thiazole rings is 1. The lowest BCUT2D eigenvalue weighted by molar-refractivity contribution is 0.565. The van der Waals surface area contributed by atoms with Crippen LogP contribution < -0.4 is 5.32 Å². The Bertz CT molecular complexity index is 520. The SMILES string of the molecule is Cc1nc(C(C)NCc2cc(C)c(C)s2)c(C)s1. The highest BCUT2D eigenvalue weighted by molar-refractivity contribution is 7.12. The second-order valence-electron chi connectivity index (χ2n) is 4.73. The Balaban J connectivity index is 2.00. The molecule has 2 aromatic rings. The molecule has 0 spiro atoms. The van der Waals surface area contributed by atoms with E-state index in [1.165, 1.54) is 25.9 Å². The smallest absolute Gasteiger partial charge is 0.0900 e. The number of hydrogen-bond donors (Lipinski definition) is 1. The van der Waals surface area contributed by atoms with E-state index in [9.17, 15) is 0 Å². The summed E-state index contributed by atoms with van der Waals surface area (Å²) in [7, 11) is 0. The fourth-order valence-electron chi connectivity index (χ4n) is 2.03. The summed E-state index contributed by atoms with van der Waals surface area (Å²) in [6, 6.07) is 2.59. The first kappa shape index (κ1) is 13.7. The lowest BCUT2D eigenvalue weighted by Gasteiger charge is -2.11. The van der Waals surface area contributed by atoms with Crippen molar-refractivity contribution in [2.75, 3.05) is 0 Å². The van der Waals surface area contributed by atoms with Gasteiger partial charge in [0, 0.05) is 27.2 Å². The second kappa shape index (κ2) is 5.51. The van der Waals surface area contributed by atoms with Crippen LogP contribution in [0.15, 0.2) is 6.07 Å². The molecule has 0 saturated carbocycles. The maximum absolute atomic E-state index is 4.60. The monoisotopic (exact) mass is 280 g/mol. The van der Waals surface area contributed by atoms with E-state index >= 15 is 0 Å². The van der Waals surface area contributed by atoms with E-state index in [-0.39, 0.29) is 0 Å². The number of rotatable bonds is 4. The summed E-state index contributed by atoms with van der Waals surface area (Å²) < 4.78 is 0. The molecule has 98 valence electrons. The van der Waals surface area contributed by atoms with Gasteiger partial charge in [0.15, 0.2) is 0 Å². The van der Waals surface area contributed by atoms with Crippen LogP contribution in [0.25, 0.3) is 0 Å². The van der Waals surface area contributed by atoms with E-state index in [1.54, 1.807) is 11.3 Å². The van der Waals surface area contributed by atoms with E-state index < -0.39 is 0 Å². The van der Waals surface area contributed by atoms with Crippen molar-refractivity contribution in [1.82, 2.24) is 10.3 Å². The van der Waals surface area contributed by atoms with Crippen LogP contribution in [-0.2, 0) is 6.54 Å². The summed E-state index contributed by atoms with van der Waals surface area (Å²) in [6.45, 7) is 11.7. The van der Waals surface area contributed by atoms with Crippen LogP contribution in [0.2, 0.25) is 0 Å². The Hall–Kier alpha value is -0.710. The van der Waals surface area contributed by atoms with Gasteiger partial charge in [-0.05, 0) is 46.2 Å². The molecule has 18 heavy (non-hydrogen) atoms. The molecule has 0 aliphatic carbocycles. The first-order chi connectivity index (χ1) is 8.47. The molecule has 1 N–H and O–H groups in total. The Morgan fingerprint density at radius 2 is 1.89 bits per heavy atom. The van der Waals surface area contributed by atoms with E-state index in [0.29, 0.717) is 6.04 Å². The first-order valence-corrected chi connectivity index (χ1v) is 7.84. The number of hydrogen-bond acceptors (Lipinski definition) is 4. The third-order valence-corrected chi connectivity index (χ3v) is 5.20. The maximum Gasteiger partial charge on any atom is 0.0900 e. The van der Waals surface area contributed by atoms with Gasteiger partial charge in [-0.1, -0.05) is 0 Å². The van der Waals surface area contributed by atoms with Gasteiger partial charge in [0.25, 0.3) is 0 Å². The minimum absolute atomic E-state index is 0.317. The molecule has 2 aromatic heterocycles. The minimum Gasteiger partial charge on any atom is -0.304 e. The largest absolute Gasteiger partial charge is 0.304 e. The molecule has 0 radical (unpaired) electrons. The van der Waals surface area contributed by atoms with Crippen LogP contribution in [0.3, 0.4) is 0 Å². The molecule has 0 bridgehead atoms. The van der Waals surface area contributed by atoms with Crippen LogP contribution in [0.4, 0.5) is 0 Å². The number of nitrogens with zero attached hydrogens (tertiary/aromatic N) is 1. The first-order valence-electron chi connectivity index (χ1n) is 6.20. The lowest BCUT2D eigenvalue weighted by Crippen LogP contribution is -2.18. The topological polar surface area (TPSA) is 24.9 Å². The molecule has 1 atom stereocenters. The molecule has 4 heteroatoms. The van der Waals surface area contributed by atoms with Crippen LogP contribution in [0, 0.1) is 27.7 Å². The molecule has 2 rings (SSSR count). The van der Waals surface area contributed by atoms with E-state index in [4.69, 9.17) is 0 Å². The summed E-state index contributed by atoms with van der Waals surface area (Å²) in [5.41, 5.74) is 2.59. The zero-order valence-corrected chi connectivity index (χ0v) is 13.3. The van der Waals surface area contributed by atoms with Crippen molar-refractivity contribution in [1.29, 1.82) is 0 Å². The fourth-order valence-corrected chi connectivity index (χ4v) is 3.95. The van der Waals surface area contributed by atoms with Gasteiger partial charge in [-0.2, -0.15) is 0 Å². The predicted molar refractivity (Wildman–Crippen MR) is 80.6 cm³/mol. The van der Waals surface area contributed by atoms with Crippen molar-refractivity contribution in [2.45, 2.75) is 47.2 Å². The highest BCUT2D eigenvalue weighted by atomic mass is 32.1. The van der Waals surface area contributed by atoms with Crippen LogP contribution in [-0.4, -0.2) is 4.98 Å². The normalized spacial score (nSPS) is 12.9. The third-order valence-electron chi connectivity index (χ3n) is 3.15. The standard InChI is InChI=1S/C14H20N2S2/c1-8-6-13(18-10(8)3)7-15-9(2)14-11(4)17-12(5)16-14/h6,9,15H,7H2,1-5H3. The summed E-state index contributed by atoms with van der Waals surface area (Å²) in [6.07, 6.45) is 0. The van der Waals surface area contributed by atoms with Crippen LogP contribution >= 0.6 is 22.7 Å². The van der Waals surface area contributed by atoms with Gasteiger partial charge in [0.05, 0.1) is 10.7 Å². The van der Waals surface area contributed by atoms with E-state index in [1.807, 2.05) is 11.3 Å². The lowest BCUT2D eigenvalue weighted by atomic mass is 10.2. The van der Waals surface area contributed by atoms with Gasteiger partial charge < -0.3 is 5.32 Å². The Kier molecular flexibility index (Phi) is 4.20. The molecule has 0 fully saturated rings. The number of aromatic nitrogens is 1. The average Bonchev–Trinajstić information content (AvgIpc) is 2.79. The molecule has 0 saturated heterocycles. The summed E-state index contributed by atoms with van der Waals surface area (Å²) in [5.74, 6) is 0. The Labute approximate surface area is 117 Å². The quantitative estimate of drug-likeness (QED) is 0.903. The maximum atomic E-state index is 4.60. The third kappa shape index (κ3) is 2.99. The molecule has 2 nitrogen and oxygen atoms in total. The van der Waals surface area contributed by atoms with Gasteiger partial charge >= 0.3 is 0 Å². The Morgan fingerprint density at radius 1 is 1.17 bits per heavy atom. The van der Waals surface area contributed by atoms with E-state index in [2.05, 4.69) is 51.0 Å². The molecule has 2 heterocycles. The fraction of sp³-hybridized carbons (Fsp3) is 0.500. The van der Waals surface area contributed by atoms with Crippen molar-refractivity contribution in [2.24, 2.45) is 0 Å². The Morgan fingerprint density at radius 3 is 2.39 bits per heavy atom. The zero-order chi connectivity index (χ0) is 13.3. The van der Waals surface area contributed by atoms with Crippen molar-refractivity contribution in [3.63, 3.8) is 0 Å². The van der Waals surface area contributed by atoms with Gasteiger partial charge in [0.2, 0.25) is 0 Å². The molecule has 0 amide bonds. The van der Waals surface area contributed by atoms with Gasteiger partial charge in [-0.25, -0.2) is 4.98 Å². The summed E-state index contributed by atoms with van der Waals surface area (Å²) >= 11 is 3.66. The average molecular weight is 280 g/mol. The summed E-state index contributed by atoms with van der Waals surface area (Å²) in [5, 5.41) is 4.72. The minimum atomic E-state index is 0.317. The van der Waals surface area contributed by atoms with E-state index in [0.717, 1.165) is 11.6 Å². The zero-order valence-electron chi connectivity index (χ0n) is 11.6. The number of nitrogens with one attached hydrogen (secondary N) is 1.